The first-order valence-corrected chi connectivity index (χ1v) is 9.85. The van der Waals surface area contributed by atoms with Crippen molar-refractivity contribution in [3.05, 3.63) is 57.2 Å². The number of amides is 1. The van der Waals surface area contributed by atoms with Crippen molar-refractivity contribution in [2.75, 3.05) is 26.1 Å². The maximum absolute atomic E-state index is 14.0. The second kappa shape index (κ2) is 9.39. The van der Waals surface area contributed by atoms with Crippen LogP contribution in [0.3, 0.4) is 0 Å². The summed E-state index contributed by atoms with van der Waals surface area (Å²) in [5.74, 6) is -0.838. The van der Waals surface area contributed by atoms with E-state index in [1.165, 1.54) is 32.4 Å². The summed E-state index contributed by atoms with van der Waals surface area (Å²) >= 11 is 1.10. The average Bonchev–Trinajstić information content (AvgIpc) is 3.21. The number of hydrogen-bond acceptors (Lipinski definition) is 8. The van der Waals surface area contributed by atoms with E-state index < -0.39 is 22.3 Å². The fourth-order valence-corrected chi connectivity index (χ4v) is 3.48. The molecule has 0 atom stereocenters. The molecular weight excluding hydrogens is 429 g/mol. The van der Waals surface area contributed by atoms with Gasteiger partial charge in [-0.1, -0.05) is 0 Å². The third-order valence-electron chi connectivity index (χ3n) is 4.20. The summed E-state index contributed by atoms with van der Waals surface area (Å²) in [6.07, 6.45) is 0. The number of ether oxygens (including phenoxy) is 3. The number of rotatable bonds is 8. The Hall–Kier alpha value is -3.73. The second-order valence-electron chi connectivity index (χ2n) is 6.05. The van der Waals surface area contributed by atoms with Crippen LogP contribution >= 0.6 is 11.3 Å². The summed E-state index contributed by atoms with van der Waals surface area (Å²) in [7, 11) is 2.71. The molecule has 1 amide bonds. The van der Waals surface area contributed by atoms with Gasteiger partial charge in [-0.2, -0.15) is 0 Å². The maximum Gasteiger partial charge on any atom is 0.286 e. The Bertz CT molecular complexity index is 1130. The minimum atomic E-state index is -0.739. The molecule has 1 heterocycles. The highest BCUT2D eigenvalue weighted by atomic mass is 32.1. The van der Waals surface area contributed by atoms with Crippen LogP contribution in [-0.2, 0) is 0 Å². The van der Waals surface area contributed by atoms with E-state index in [1.54, 1.807) is 18.4 Å². The van der Waals surface area contributed by atoms with E-state index in [-0.39, 0.29) is 34.6 Å². The fourth-order valence-electron chi connectivity index (χ4n) is 2.76. The summed E-state index contributed by atoms with van der Waals surface area (Å²) in [6.45, 7) is 2.02. The van der Waals surface area contributed by atoms with Crippen molar-refractivity contribution in [3.63, 3.8) is 0 Å². The van der Waals surface area contributed by atoms with Gasteiger partial charge in [-0.05, 0) is 25.1 Å². The van der Waals surface area contributed by atoms with Gasteiger partial charge in [0.25, 0.3) is 11.6 Å². The molecular formula is C20H18FN3O6S. The molecule has 0 fully saturated rings. The van der Waals surface area contributed by atoms with Gasteiger partial charge in [0.1, 0.15) is 5.56 Å². The summed E-state index contributed by atoms with van der Waals surface area (Å²) in [6, 6.07) is 6.75. The van der Waals surface area contributed by atoms with Crippen LogP contribution in [0.15, 0.2) is 35.7 Å². The van der Waals surface area contributed by atoms with E-state index in [1.807, 2.05) is 0 Å². The molecule has 162 valence electrons. The second-order valence-corrected chi connectivity index (χ2v) is 6.91. The molecule has 0 saturated carbocycles. The molecule has 3 rings (SSSR count). The van der Waals surface area contributed by atoms with Crippen molar-refractivity contribution in [2.45, 2.75) is 6.92 Å². The van der Waals surface area contributed by atoms with Crippen LogP contribution < -0.4 is 19.5 Å². The number of benzene rings is 2. The zero-order chi connectivity index (χ0) is 22.5. The Morgan fingerprint density at radius 1 is 1.19 bits per heavy atom. The Morgan fingerprint density at radius 3 is 2.55 bits per heavy atom. The summed E-state index contributed by atoms with van der Waals surface area (Å²) in [5, 5.41) is 15.8. The predicted molar refractivity (Wildman–Crippen MR) is 113 cm³/mol. The van der Waals surface area contributed by atoms with Crippen LogP contribution in [0.1, 0.15) is 17.3 Å². The van der Waals surface area contributed by atoms with Crippen molar-refractivity contribution >= 4 is 28.1 Å². The van der Waals surface area contributed by atoms with Gasteiger partial charge >= 0.3 is 0 Å². The highest BCUT2D eigenvalue weighted by Gasteiger charge is 2.25. The van der Waals surface area contributed by atoms with Gasteiger partial charge in [-0.3, -0.25) is 20.2 Å². The van der Waals surface area contributed by atoms with Crippen LogP contribution in [0.25, 0.3) is 11.3 Å². The smallest absolute Gasteiger partial charge is 0.286 e. The molecule has 0 unspecified atom stereocenters. The Morgan fingerprint density at radius 2 is 1.94 bits per heavy atom. The monoisotopic (exact) mass is 447 g/mol. The number of nitro benzene ring substituents is 1. The van der Waals surface area contributed by atoms with Crippen LogP contribution in [0.5, 0.6) is 17.2 Å². The lowest BCUT2D eigenvalue weighted by Crippen LogP contribution is -2.14. The number of halogens is 1. The number of anilines is 1. The molecule has 31 heavy (non-hydrogen) atoms. The number of methoxy groups -OCH3 is 2. The van der Waals surface area contributed by atoms with E-state index in [9.17, 15) is 19.3 Å². The Kier molecular flexibility index (Phi) is 6.65. The first-order chi connectivity index (χ1) is 14.9. The zero-order valence-corrected chi connectivity index (χ0v) is 17.6. The molecule has 9 nitrogen and oxygen atoms in total. The quantitative estimate of drug-likeness (QED) is 0.399. The van der Waals surface area contributed by atoms with Crippen LogP contribution in [0.2, 0.25) is 0 Å². The Balaban J connectivity index is 1.89. The Labute approximate surface area is 180 Å². The molecule has 11 heteroatoms. The first kappa shape index (κ1) is 22.0. The first-order valence-electron chi connectivity index (χ1n) is 8.97. The van der Waals surface area contributed by atoms with Gasteiger partial charge in [0.15, 0.2) is 28.2 Å². The normalized spacial score (nSPS) is 10.5. The predicted octanol–water partition coefficient (Wildman–Crippen LogP) is 4.53. The molecule has 2 aromatic carbocycles. The fraction of sp³-hybridized carbons (Fsp3) is 0.200. The maximum atomic E-state index is 14.0. The van der Waals surface area contributed by atoms with Gasteiger partial charge in [0.2, 0.25) is 0 Å². The molecule has 0 radical (unpaired) electrons. The molecule has 3 aromatic rings. The molecule has 0 aliphatic carbocycles. The number of carbonyl (C=O) groups is 1. The number of hydrogen-bond donors (Lipinski definition) is 1. The van der Waals surface area contributed by atoms with E-state index in [2.05, 4.69) is 10.3 Å². The van der Waals surface area contributed by atoms with E-state index in [0.29, 0.717) is 11.3 Å². The lowest BCUT2D eigenvalue weighted by Gasteiger charge is -2.11. The molecule has 0 spiro atoms. The van der Waals surface area contributed by atoms with Crippen LogP contribution in [-0.4, -0.2) is 36.6 Å². The van der Waals surface area contributed by atoms with Crippen LogP contribution in [0.4, 0.5) is 15.2 Å². The molecule has 1 aromatic heterocycles. The third-order valence-corrected chi connectivity index (χ3v) is 4.95. The summed E-state index contributed by atoms with van der Waals surface area (Å²) in [4.78, 5) is 27.8. The van der Waals surface area contributed by atoms with Crippen molar-refractivity contribution in [1.82, 2.24) is 4.98 Å². The van der Waals surface area contributed by atoms with Gasteiger partial charge < -0.3 is 14.2 Å². The SMILES string of the molecule is CCOc1cc(C(=O)Nc2nc(-c3ccc(OC)c(F)c3)cs2)c([N+](=O)[O-])cc1OC. The number of thiazole rings is 1. The molecule has 0 bridgehead atoms. The lowest BCUT2D eigenvalue weighted by atomic mass is 10.1. The highest BCUT2D eigenvalue weighted by molar-refractivity contribution is 7.14. The van der Waals surface area contributed by atoms with Gasteiger partial charge in [0, 0.05) is 17.0 Å². The molecule has 0 saturated heterocycles. The zero-order valence-electron chi connectivity index (χ0n) is 16.8. The van der Waals surface area contributed by atoms with E-state index in [0.717, 1.165) is 17.4 Å². The van der Waals surface area contributed by atoms with Gasteiger partial charge in [-0.25, -0.2) is 9.37 Å². The van der Waals surface area contributed by atoms with Crippen LogP contribution in [0, 0.1) is 15.9 Å². The number of nitrogens with zero attached hydrogens (tertiary/aromatic N) is 2. The number of nitrogens with one attached hydrogen (secondary N) is 1. The van der Waals surface area contributed by atoms with Crippen molar-refractivity contribution in [2.24, 2.45) is 0 Å². The lowest BCUT2D eigenvalue weighted by molar-refractivity contribution is -0.385. The molecule has 0 aliphatic heterocycles. The highest BCUT2D eigenvalue weighted by Crippen LogP contribution is 2.35. The van der Waals surface area contributed by atoms with Crippen molar-refractivity contribution in [3.8, 4) is 28.5 Å². The molecule has 0 aliphatic rings. The summed E-state index contributed by atoms with van der Waals surface area (Å²) in [5.41, 5.74) is 0.276. The van der Waals surface area contributed by atoms with Gasteiger partial charge in [0.05, 0.1) is 37.5 Å². The number of nitro groups is 1. The minimum Gasteiger partial charge on any atom is -0.494 e. The summed E-state index contributed by atoms with van der Waals surface area (Å²) < 4.78 is 29.4. The minimum absolute atomic E-state index is 0.101. The average molecular weight is 447 g/mol. The van der Waals surface area contributed by atoms with E-state index >= 15 is 0 Å². The topological polar surface area (TPSA) is 113 Å². The van der Waals surface area contributed by atoms with E-state index in [4.69, 9.17) is 14.2 Å². The third kappa shape index (κ3) is 4.72. The number of carbonyl (C=O) groups excluding carboxylic acids is 1. The largest absolute Gasteiger partial charge is 0.494 e. The van der Waals surface area contributed by atoms with Gasteiger partial charge in [-0.15, -0.1) is 11.3 Å². The van der Waals surface area contributed by atoms with Crippen molar-refractivity contribution in [1.29, 1.82) is 0 Å². The number of aromatic nitrogens is 1. The van der Waals surface area contributed by atoms with Crippen molar-refractivity contribution < 1.29 is 28.3 Å². The standard InChI is InChI=1S/C20H18FN3O6S/c1-4-30-18-8-12(15(24(26)27)9-17(18)29-3)19(25)23-20-22-14(10-31-20)11-5-6-16(28-2)13(21)7-11/h5-10H,4H2,1-3H3,(H,22,23,25). The molecule has 1 N–H and O–H groups in total.